The fourth-order valence-electron chi connectivity index (χ4n) is 2.00. The molecule has 21 heavy (non-hydrogen) atoms. The highest BCUT2D eigenvalue weighted by atomic mass is 32.3. The topological polar surface area (TPSA) is 108 Å². The lowest BCUT2D eigenvalue weighted by molar-refractivity contribution is -0.933. The molecule has 0 amide bonds. The monoisotopic (exact) mass is 311 g/mol. The van der Waals surface area contributed by atoms with E-state index >= 15 is 0 Å². The van der Waals surface area contributed by atoms with Gasteiger partial charge in [0.1, 0.15) is 0 Å². The minimum absolute atomic E-state index is 0.0130. The first-order valence-electron chi connectivity index (χ1n) is 6.01. The van der Waals surface area contributed by atoms with Crippen LogP contribution in [0.25, 0.3) is 0 Å². The van der Waals surface area contributed by atoms with Gasteiger partial charge in [0, 0.05) is 28.5 Å². The van der Waals surface area contributed by atoms with Crippen molar-refractivity contribution in [3.05, 3.63) is 63.8 Å². The van der Waals surface area contributed by atoms with Crippen molar-refractivity contribution in [2.75, 3.05) is 0 Å². The van der Waals surface area contributed by atoms with Crippen molar-refractivity contribution in [3.63, 3.8) is 0 Å². The Kier molecular flexibility index (Phi) is 4.12. The maximum Gasteiger partial charge on any atom is 0.344 e. The number of aromatic nitrogens is 1. The smallest absolute Gasteiger partial charge is 0.290 e. The number of nitrogens with zero attached hydrogens (tertiary/aromatic N) is 2. The van der Waals surface area contributed by atoms with E-state index in [0.717, 1.165) is 0 Å². The summed E-state index contributed by atoms with van der Waals surface area (Å²) in [6.45, 7) is 1.59. The molecule has 0 saturated heterocycles. The zero-order valence-corrected chi connectivity index (χ0v) is 12.0. The normalized spacial score (nSPS) is 12.1. The molecule has 8 heteroatoms. The summed E-state index contributed by atoms with van der Waals surface area (Å²) < 4.78 is 21.1. The Bertz CT molecular complexity index is 690. The van der Waals surface area contributed by atoms with Crippen LogP contribution in [0.5, 0.6) is 0 Å². The maximum atomic E-state index is 10.8. The predicted molar refractivity (Wildman–Crippen MR) is 76.5 cm³/mol. The highest BCUT2D eigenvalue weighted by Crippen LogP contribution is 2.49. The van der Waals surface area contributed by atoms with E-state index in [-0.39, 0.29) is 16.5 Å². The number of benzene rings is 1. The molecule has 0 radical (unpaired) electrons. The molecule has 0 unspecified atom stereocenters. The molecule has 7 nitrogen and oxygen atoms in total. The van der Waals surface area contributed by atoms with E-state index in [0.29, 0.717) is 15.9 Å². The van der Waals surface area contributed by atoms with Crippen molar-refractivity contribution in [1.82, 2.24) is 0 Å². The van der Waals surface area contributed by atoms with Crippen LogP contribution < -0.4 is 4.73 Å². The SMILES string of the molecule is Cc1cc(CS(O)(O)c2cccc[n+]2O)ccc1[N+](=O)[O-]. The third kappa shape index (κ3) is 3.30. The van der Waals surface area contributed by atoms with Gasteiger partial charge in [-0.1, -0.05) is 6.07 Å². The van der Waals surface area contributed by atoms with E-state index < -0.39 is 15.5 Å². The molecule has 112 valence electrons. The summed E-state index contributed by atoms with van der Waals surface area (Å²) >= 11 is 0. The molecule has 0 fully saturated rings. The molecule has 0 aliphatic rings. The second-order valence-electron chi connectivity index (χ2n) is 4.57. The van der Waals surface area contributed by atoms with E-state index in [9.17, 15) is 24.4 Å². The molecule has 0 bridgehead atoms. The lowest BCUT2D eigenvalue weighted by atomic mass is 10.1. The second-order valence-corrected chi connectivity index (χ2v) is 6.61. The zero-order chi connectivity index (χ0) is 15.6. The first-order valence-corrected chi connectivity index (χ1v) is 7.72. The lowest BCUT2D eigenvalue weighted by Gasteiger charge is -2.27. The van der Waals surface area contributed by atoms with Crippen LogP contribution >= 0.6 is 10.6 Å². The zero-order valence-electron chi connectivity index (χ0n) is 11.2. The Hall–Kier alpha value is -2.16. The van der Waals surface area contributed by atoms with E-state index in [1.807, 2.05) is 0 Å². The molecular formula is C13H15N2O5S+. The van der Waals surface area contributed by atoms with Gasteiger partial charge < -0.3 is 0 Å². The van der Waals surface area contributed by atoms with Gasteiger partial charge >= 0.3 is 5.03 Å². The third-order valence-corrected chi connectivity index (χ3v) is 4.69. The minimum atomic E-state index is -3.25. The number of rotatable bonds is 4. The Balaban J connectivity index is 2.31. The quantitative estimate of drug-likeness (QED) is 0.348. The largest absolute Gasteiger partial charge is 0.344 e. The number of hydrogen-bond acceptors (Lipinski definition) is 5. The molecule has 1 heterocycles. The Morgan fingerprint density at radius 3 is 2.57 bits per heavy atom. The number of hydrogen-bond donors (Lipinski definition) is 3. The van der Waals surface area contributed by atoms with Crippen molar-refractivity contribution in [1.29, 1.82) is 0 Å². The number of aryl methyl sites for hydroxylation is 1. The molecule has 0 atom stereocenters. The van der Waals surface area contributed by atoms with Crippen LogP contribution in [-0.4, -0.2) is 19.2 Å². The summed E-state index contributed by atoms with van der Waals surface area (Å²) in [7, 11) is -3.25. The molecule has 2 aromatic rings. The van der Waals surface area contributed by atoms with Gasteiger partial charge in [-0.05, 0) is 24.6 Å². The van der Waals surface area contributed by atoms with E-state index in [1.54, 1.807) is 19.1 Å². The standard InChI is InChI=1S/C13H14N2O5S/c1-10-8-11(5-6-12(10)15(17)18)9-21(19,20)13-4-2-3-7-14(13)16/h2-8H,9H2,1H3,(H2-,16,19,20)/p+1. The molecule has 0 aliphatic heterocycles. The summed E-state index contributed by atoms with van der Waals surface area (Å²) in [5.41, 5.74) is 0.965. The van der Waals surface area contributed by atoms with Gasteiger partial charge in [0.2, 0.25) is 6.20 Å². The Morgan fingerprint density at radius 2 is 2.00 bits per heavy atom. The summed E-state index contributed by atoms with van der Waals surface area (Å²) in [5.74, 6) is -0.129. The highest BCUT2D eigenvalue weighted by Gasteiger charge is 2.27. The van der Waals surface area contributed by atoms with Crippen LogP contribution in [0.1, 0.15) is 11.1 Å². The molecule has 0 aliphatic carbocycles. The Morgan fingerprint density at radius 1 is 1.29 bits per heavy atom. The minimum Gasteiger partial charge on any atom is -0.290 e. The van der Waals surface area contributed by atoms with Crippen molar-refractivity contribution in [3.8, 4) is 0 Å². The predicted octanol–water partition coefficient (Wildman–Crippen LogP) is 2.74. The molecule has 0 saturated carbocycles. The fourth-order valence-corrected chi connectivity index (χ4v) is 3.45. The van der Waals surface area contributed by atoms with E-state index in [2.05, 4.69) is 0 Å². The summed E-state index contributed by atoms with van der Waals surface area (Å²) in [6, 6.07) is 8.89. The van der Waals surface area contributed by atoms with Crippen LogP contribution in [0.15, 0.2) is 47.6 Å². The van der Waals surface area contributed by atoms with Crippen LogP contribution in [0.2, 0.25) is 0 Å². The first kappa shape index (κ1) is 15.2. The highest BCUT2D eigenvalue weighted by molar-refractivity contribution is 8.23. The molecule has 0 spiro atoms. The van der Waals surface area contributed by atoms with Crippen molar-refractivity contribution < 1.29 is 24.0 Å². The molecule has 1 aromatic carbocycles. The number of nitro groups is 1. The third-order valence-electron chi connectivity index (χ3n) is 2.96. The van der Waals surface area contributed by atoms with Crippen molar-refractivity contribution in [2.45, 2.75) is 17.7 Å². The van der Waals surface area contributed by atoms with Crippen LogP contribution in [0.4, 0.5) is 5.69 Å². The number of pyridine rings is 1. The average Bonchev–Trinajstić information content (AvgIpc) is 2.38. The molecule has 1 aromatic heterocycles. The van der Waals surface area contributed by atoms with Gasteiger partial charge in [-0.2, -0.15) is 0 Å². The van der Waals surface area contributed by atoms with Gasteiger partial charge in [0.15, 0.2) is 0 Å². The summed E-state index contributed by atoms with van der Waals surface area (Å²) in [4.78, 5) is 10.3. The average molecular weight is 311 g/mol. The molecular weight excluding hydrogens is 296 g/mol. The van der Waals surface area contributed by atoms with Gasteiger partial charge in [-0.3, -0.25) is 24.4 Å². The first-order chi connectivity index (χ1) is 9.81. The lowest BCUT2D eigenvalue weighted by Crippen LogP contribution is -2.35. The van der Waals surface area contributed by atoms with Gasteiger partial charge in [-0.15, -0.1) is 10.6 Å². The Labute approximate surface area is 122 Å². The second kappa shape index (κ2) is 5.68. The van der Waals surface area contributed by atoms with Crippen molar-refractivity contribution >= 4 is 16.3 Å². The van der Waals surface area contributed by atoms with Crippen LogP contribution in [-0.2, 0) is 5.75 Å². The summed E-state index contributed by atoms with van der Waals surface area (Å²) in [6.07, 6.45) is 1.30. The molecule has 2 rings (SSSR count). The van der Waals surface area contributed by atoms with Crippen LogP contribution in [0.3, 0.4) is 0 Å². The van der Waals surface area contributed by atoms with Crippen LogP contribution in [0, 0.1) is 17.0 Å². The maximum absolute atomic E-state index is 10.8. The van der Waals surface area contributed by atoms with E-state index in [1.165, 1.54) is 30.5 Å². The fraction of sp³-hybridized carbons (Fsp3) is 0.154. The number of nitro benzene ring substituents is 1. The van der Waals surface area contributed by atoms with Gasteiger partial charge in [-0.25, -0.2) is 0 Å². The van der Waals surface area contributed by atoms with Gasteiger partial charge in [0.05, 0.1) is 10.7 Å². The summed E-state index contributed by atoms with van der Waals surface area (Å²) in [5, 5.41) is 20.4. The van der Waals surface area contributed by atoms with E-state index in [4.69, 9.17) is 0 Å². The van der Waals surface area contributed by atoms with Gasteiger partial charge in [0.25, 0.3) is 5.69 Å². The van der Waals surface area contributed by atoms with Crippen molar-refractivity contribution in [2.24, 2.45) is 0 Å². The molecule has 3 N–H and O–H groups in total.